The number of carbonyl (C=O) groups is 1. The summed E-state index contributed by atoms with van der Waals surface area (Å²) in [5, 5.41) is 1.72. The van der Waals surface area contributed by atoms with Crippen molar-refractivity contribution in [3.05, 3.63) is 59.3 Å². The molecule has 2 aliphatic rings. The summed E-state index contributed by atoms with van der Waals surface area (Å²) in [6.45, 7) is 4.76. The van der Waals surface area contributed by atoms with Crippen molar-refractivity contribution in [2.75, 3.05) is 18.8 Å². The zero-order valence-electron chi connectivity index (χ0n) is 19.0. The van der Waals surface area contributed by atoms with E-state index in [0.717, 1.165) is 34.5 Å². The third-order valence-corrected chi connectivity index (χ3v) is 8.14. The van der Waals surface area contributed by atoms with Crippen LogP contribution < -0.4 is 5.73 Å². The number of anilines is 1. The number of rotatable bonds is 3. The molecule has 1 amide bonds. The summed E-state index contributed by atoms with van der Waals surface area (Å²) in [6, 6.07) is 3.29. The van der Waals surface area contributed by atoms with Gasteiger partial charge in [-0.2, -0.15) is 0 Å². The molecule has 4 aromatic rings. The van der Waals surface area contributed by atoms with Crippen molar-refractivity contribution in [1.29, 1.82) is 0 Å². The third kappa shape index (κ3) is 3.74. The first kappa shape index (κ1) is 21.7. The standard InChI is InChI=1S/C26H23FN6OS/c1-2-22(34)32-9-8-18(13-32)33-12-17(23-24(28)29-14-30-25(23)33)7-6-16-10-20-21(11-19(16)27)35-26(31-20)15-4-3-5-15/h2,10-12,14-15,18H,1,3-5,8-9,13H2,(H2,28,29,30)/t18-/m0/s1. The number of fused-ring (bicyclic) bond motifs is 2. The Bertz CT molecular complexity index is 1560. The Morgan fingerprint density at radius 3 is 2.83 bits per heavy atom. The maximum atomic E-state index is 14.9. The molecule has 1 atom stereocenters. The Morgan fingerprint density at radius 2 is 2.06 bits per heavy atom. The van der Waals surface area contributed by atoms with Crippen molar-refractivity contribution in [2.45, 2.75) is 37.6 Å². The highest BCUT2D eigenvalue weighted by Crippen LogP contribution is 2.40. The van der Waals surface area contributed by atoms with E-state index in [1.165, 1.54) is 24.9 Å². The van der Waals surface area contributed by atoms with Gasteiger partial charge in [-0.05, 0) is 37.5 Å². The van der Waals surface area contributed by atoms with E-state index in [-0.39, 0.29) is 17.8 Å². The first-order valence-electron chi connectivity index (χ1n) is 11.7. The van der Waals surface area contributed by atoms with E-state index >= 15 is 0 Å². The van der Waals surface area contributed by atoms with Crippen LogP contribution in [0.3, 0.4) is 0 Å². The van der Waals surface area contributed by atoms with Gasteiger partial charge in [0.05, 0.1) is 37.8 Å². The van der Waals surface area contributed by atoms with Gasteiger partial charge in [0.15, 0.2) is 0 Å². The average molecular weight is 487 g/mol. The highest BCUT2D eigenvalue weighted by atomic mass is 32.1. The summed E-state index contributed by atoms with van der Waals surface area (Å²) in [7, 11) is 0. The number of aromatic nitrogens is 4. The van der Waals surface area contributed by atoms with Gasteiger partial charge in [-0.3, -0.25) is 4.79 Å². The molecule has 7 nitrogen and oxygen atoms in total. The van der Waals surface area contributed by atoms with Crippen molar-refractivity contribution < 1.29 is 9.18 Å². The van der Waals surface area contributed by atoms with E-state index < -0.39 is 0 Å². The molecule has 4 heterocycles. The molecule has 0 bridgehead atoms. The van der Waals surface area contributed by atoms with E-state index in [1.807, 2.05) is 10.8 Å². The molecule has 35 heavy (non-hydrogen) atoms. The van der Waals surface area contributed by atoms with Crippen molar-refractivity contribution in [3.8, 4) is 11.8 Å². The molecule has 1 aromatic carbocycles. The minimum atomic E-state index is -0.365. The molecule has 0 radical (unpaired) electrons. The lowest BCUT2D eigenvalue weighted by Crippen LogP contribution is -2.27. The Kier molecular flexibility index (Phi) is 5.26. The van der Waals surface area contributed by atoms with E-state index in [2.05, 4.69) is 28.4 Å². The number of thiazole rings is 1. The summed E-state index contributed by atoms with van der Waals surface area (Å²) in [6.07, 6.45) is 8.95. The number of nitrogen functional groups attached to an aromatic ring is 1. The summed E-state index contributed by atoms with van der Waals surface area (Å²) >= 11 is 1.57. The minimum absolute atomic E-state index is 0.0271. The van der Waals surface area contributed by atoms with Gasteiger partial charge in [0.2, 0.25) is 5.91 Å². The number of likely N-dealkylation sites (tertiary alicyclic amines) is 1. The van der Waals surface area contributed by atoms with Crippen molar-refractivity contribution in [2.24, 2.45) is 0 Å². The van der Waals surface area contributed by atoms with Crippen LogP contribution >= 0.6 is 11.3 Å². The number of carbonyl (C=O) groups excluding carboxylic acids is 1. The van der Waals surface area contributed by atoms with Crippen LogP contribution in [0.15, 0.2) is 37.3 Å². The number of nitrogens with two attached hydrogens (primary N) is 1. The molecule has 3 aromatic heterocycles. The number of nitrogens with zero attached hydrogens (tertiary/aromatic N) is 5. The molecule has 9 heteroatoms. The van der Waals surface area contributed by atoms with Crippen LogP contribution in [0.2, 0.25) is 0 Å². The Labute approximate surface area is 205 Å². The SMILES string of the molecule is C=CC(=O)N1CC[C@H](n2cc(C#Cc3cc4nc(C5CCC5)sc4cc3F)c3c(N)ncnc32)C1. The van der Waals surface area contributed by atoms with E-state index in [1.54, 1.807) is 22.3 Å². The van der Waals surface area contributed by atoms with Gasteiger partial charge in [-0.15, -0.1) is 11.3 Å². The lowest BCUT2D eigenvalue weighted by Gasteiger charge is -2.22. The van der Waals surface area contributed by atoms with Crippen molar-refractivity contribution in [1.82, 2.24) is 24.4 Å². The van der Waals surface area contributed by atoms with Gasteiger partial charge >= 0.3 is 0 Å². The van der Waals surface area contributed by atoms with Crippen LogP contribution in [0.5, 0.6) is 0 Å². The molecule has 1 aliphatic heterocycles. The summed E-state index contributed by atoms with van der Waals surface area (Å²) in [4.78, 5) is 27.1. The Morgan fingerprint density at radius 1 is 1.23 bits per heavy atom. The molecule has 176 valence electrons. The fourth-order valence-electron chi connectivity index (χ4n) is 4.81. The smallest absolute Gasteiger partial charge is 0.246 e. The van der Waals surface area contributed by atoms with Crippen molar-refractivity contribution in [3.63, 3.8) is 0 Å². The number of hydrogen-bond acceptors (Lipinski definition) is 6. The molecule has 2 N–H and O–H groups in total. The zero-order valence-corrected chi connectivity index (χ0v) is 19.8. The van der Waals surface area contributed by atoms with E-state index in [0.29, 0.717) is 47.0 Å². The van der Waals surface area contributed by atoms with Gasteiger partial charge in [-0.1, -0.05) is 24.8 Å². The molecular formula is C26H23FN6OS. The monoisotopic (exact) mass is 486 g/mol. The lowest BCUT2D eigenvalue weighted by molar-refractivity contribution is -0.125. The van der Waals surface area contributed by atoms with Crippen LogP contribution in [0.25, 0.3) is 21.3 Å². The molecule has 2 fully saturated rings. The topological polar surface area (TPSA) is 89.9 Å². The molecule has 1 saturated heterocycles. The quantitative estimate of drug-likeness (QED) is 0.343. The highest BCUT2D eigenvalue weighted by Gasteiger charge is 2.28. The molecule has 0 unspecified atom stereocenters. The summed E-state index contributed by atoms with van der Waals surface area (Å²) in [5.74, 6) is 6.45. The summed E-state index contributed by atoms with van der Waals surface area (Å²) in [5.41, 5.74) is 8.55. The highest BCUT2D eigenvalue weighted by molar-refractivity contribution is 7.18. The number of halogens is 1. The van der Waals surface area contributed by atoms with Gasteiger partial charge in [0.1, 0.15) is 23.6 Å². The third-order valence-electron chi connectivity index (χ3n) is 6.96. The molecule has 0 spiro atoms. The predicted molar refractivity (Wildman–Crippen MR) is 135 cm³/mol. The van der Waals surface area contributed by atoms with Gasteiger partial charge < -0.3 is 15.2 Å². The zero-order chi connectivity index (χ0) is 24.1. The van der Waals surface area contributed by atoms with Gasteiger partial charge in [-0.25, -0.2) is 19.3 Å². The van der Waals surface area contributed by atoms with Crippen LogP contribution in [0.4, 0.5) is 10.2 Å². The van der Waals surface area contributed by atoms with Crippen LogP contribution in [0.1, 0.15) is 53.8 Å². The average Bonchev–Trinajstić information content (AvgIpc) is 3.53. The largest absolute Gasteiger partial charge is 0.383 e. The van der Waals surface area contributed by atoms with Crippen molar-refractivity contribution >= 4 is 44.3 Å². The molecular weight excluding hydrogens is 463 g/mol. The normalized spacial score (nSPS) is 18.0. The Balaban J connectivity index is 1.38. The fraction of sp³-hybridized carbons (Fsp3) is 0.308. The number of amides is 1. The van der Waals surface area contributed by atoms with Crippen LogP contribution in [0, 0.1) is 17.7 Å². The van der Waals surface area contributed by atoms with E-state index in [9.17, 15) is 9.18 Å². The lowest BCUT2D eigenvalue weighted by atomic mass is 9.86. The molecule has 6 rings (SSSR count). The minimum Gasteiger partial charge on any atom is -0.383 e. The van der Waals surface area contributed by atoms with E-state index in [4.69, 9.17) is 10.7 Å². The fourth-order valence-corrected chi connectivity index (χ4v) is 5.95. The second kappa shape index (κ2) is 8.47. The predicted octanol–water partition coefficient (Wildman–Crippen LogP) is 4.39. The second-order valence-corrected chi connectivity index (χ2v) is 10.1. The van der Waals surface area contributed by atoms with Gasteiger partial charge in [0, 0.05) is 25.2 Å². The van der Waals surface area contributed by atoms with Crippen LogP contribution in [-0.2, 0) is 4.79 Å². The second-order valence-electron chi connectivity index (χ2n) is 9.07. The first-order chi connectivity index (χ1) is 17.0. The maximum absolute atomic E-state index is 14.9. The van der Waals surface area contributed by atoms with Crippen LogP contribution in [-0.4, -0.2) is 43.4 Å². The molecule has 1 aliphatic carbocycles. The molecule has 1 saturated carbocycles. The van der Waals surface area contributed by atoms with Gasteiger partial charge in [0.25, 0.3) is 0 Å². The maximum Gasteiger partial charge on any atom is 0.246 e. The summed E-state index contributed by atoms with van der Waals surface area (Å²) < 4.78 is 17.8. The number of benzene rings is 1. The first-order valence-corrected chi connectivity index (χ1v) is 12.5. The Hall–Kier alpha value is -3.77. The number of hydrogen-bond donors (Lipinski definition) is 1.